The van der Waals surface area contributed by atoms with E-state index in [0.29, 0.717) is 29.2 Å². The summed E-state index contributed by atoms with van der Waals surface area (Å²) in [6.45, 7) is -1.20. The minimum absolute atomic E-state index is 0.0105. The van der Waals surface area contributed by atoms with E-state index in [1.54, 1.807) is 47.8 Å². The molecule has 3 N–H and O–H groups in total. The summed E-state index contributed by atoms with van der Waals surface area (Å²) in [5.74, 6) is -1.65. The molecule has 236 valence electrons. The summed E-state index contributed by atoms with van der Waals surface area (Å²) in [6, 6.07) is 16.9. The number of nitrogens with one attached hydrogen (secondary N) is 3. The average molecular weight is 640 g/mol. The number of carbonyl (C=O) groups excluding carboxylic acids is 2. The number of hydrogen-bond donors (Lipinski definition) is 3. The molecule has 4 rings (SSSR count). The standard InChI is InChI=1S/C31H31ClF5N3O4/c32-21-8-4-19(5-9-21)26(20-6-10-22(33)11-7-20)14-29(41)40-28-3-1-2-27(34)25(28)13-12-24-15-38-23(16-43-24)17-44-30(42)39-18-31(35,36)37/h1-11,23-24,26,38H,12-18H2,(H,39,42)(H,40,41)/t23-,24+,26-/m0/s1. The molecule has 0 unspecified atom stereocenters. The average Bonchev–Trinajstić information content (AvgIpc) is 2.99. The summed E-state index contributed by atoms with van der Waals surface area (Å²) in [5, 5.41) is 8.09. The van der Waals surface area contributed by atoms with Crippen LogP contribution in [0, 0.1) is 11.6 Å². The van der Waals surface area contributed by atoms with Crippen molar-refractivity contribution in [3.8, 4) is 0 Å². The van der Waals surface area contributed by atoms with Crippen molar-refractivity contribution < 1.29 is 41.0 Å². The molecule has 13 heteroatoms. The van der Waals surface area contributed by atoms with Crippen LogP contribution in [0.15, 0.2) is 66.7 Å². The first-order valence-electron chi connectivity index (χ1n) is 13.9. The van der Waals surface area contributed by atoms with Gasteiger partial charge in [0.05, 0.1) is 18.8 Å². The predicted molar refractivity (Wildman–Crippen MR) is 155 cm³/mol. The minimum Gasteiger partial charge on any atom is -0.448 e. The predicted octanol–water partition coefficient (Wildman–Crippen LogP) is 6.36. The number of alkyl carbamates (subject to hydrolysis) is 1. The molecule has 7 nitrogen and oxygen atoms in total. The first kappa shape index (κ1) is 33.2. The second-order valence-electron chi connectivity index (χ2n) is 10.3. The molecule has 0 radical (unpaired) electrons. The number of benzene rings is 3. The molecular weight excluding hydrogens is 609 g/mol. The van der Waals surface area contributed by atoms with Gasteiger partial charge in [-0.15, -0.1) is 0 Å². The van der Waals surface area contributed by atoms with E-state index < -0.39 is 42.4 Å². The van der Waals surface area contributed by atoms with E-state index >= 15 is 0 Å². The van der Waals surface area contributed by atoms with Gasteiger partial charge < -0.3 is 25.4 Å². The van der Waals surface area contributed by atoms with Crippen LogP contribution in [0.1, 0.15) is 35.4 Å². The number of rotatable bonds is 11. The van der Waals surface area contributed by atoms with Crippen molar-refractivity contribution >= 4 is 29.3 Å². The van der Waals surface area contributed by atoms with Crippen LogP contribution in [0.3, 0.4) is 0 Å². The van der Waals surface area contributed by atoms with Crippen LogP contribution in [0.4, 0.5) is 32.4 Å². The summed E-state index contributed by atoms with van der Waals surface area (Å²) in [4.78, 5) is 24.7. The van der Waals surface area contributed by atoms with E-state index in [1.165, 1.54) is 24.3 Å². The van der Waals surface area contributed by atoms with E-state index in [4.69, 9.17) is 21.1 Å². The number of amides is 2. The molecule has 0 bridgehead atoms. The van der Waals surface area contributed by atoms with Gasteiger partial charge in [-0.25, -0.2) is 13.6 Å². The summed E-state index contributed by atoms with van der Waals surface area (Å²) in [6.07, 6.45) is -5.38. The number of halogens is 6. The molecule has 44 heavy (non-hydrogen) atoms. The van der Waals surface area contributed by atoms with E-state index in [0.717, 1.165) is 11.1 Å². The van der Waals surface area contributed by atoms with E-state index in [2.05, 4.69) is 10.6 Å². The zero-order chi connectivity index (χ0) is 31.7. The van der Waals surface area contributed by atoms with Crippen molar-refractivity contribution in [2.45, 2.75) is 43.5 Å². The van der Waals surface area contributed by atoms with Gasteiger partial charge in [0, 0.05) is 35.2 Å². The highest BCUT2D eigenvalue weighted by atomic mass is 35.5. The molecule has 3 aromatic carbocycles. The molecule has 1 aliphatic rings. The minimum atomic E-state index is -4.54. The first-order chi connectivity index (χ1) is 21.0. The van der Waals surface area contributed by atoms with Gasteiger partial charge in [0.2, 0.25) is 5.91 Å². The highest BCUT2D eigenvalue weighted by molar-refractivity contribution is 6.30. The zero-order valence-corrected chi connectivity index (χ0v) is 24.2. The van der Waals surface area contributed by atoms with E-state index in [1.807, 2.05) is 0 Å². The molecule has 0 aliphatic carbocycles. The molecule has 2 amide bonds. The maximum Gasteiger partial charge on any atom is 0.407 e. The molecule has 3 atom stereocenters. The third-order valence-electron chi connectivity index (χ3n) is 7.06. The van der Waals surface area contributed by atoms with Gasteiger partial charge >= 0.3 is 12.3 Å². The zero-order valence-electron chi connectivity index (χ0n) is 23.4. The van der Waals surface area contributed by atoms with Gasteiger partial charge in [0.1, 0.15) is 24.8 Å². The molecule has 3 aromatic rings. The van der Waals surface area contributed by atoms with Crippen molar-refractivity contribution in [3.05, 3.63) is 100 Å². The van der Waals surface area contributed by atoms with Crippen LogP contribution < -0.4 is 16.0 Å². The van der Waals surface area contributed by atoms with Crippen LogP contribution in [-0.4, -0.2) is 56.6 Å². The second-order valence-corrected chi connectivity index (χ2v) is 10.8. The molecular formula is C31H31ClF5N3O4. The Morgan fingerprint density at radius 1 is 1.02 bits per heavy atom. The Morgan fingerprint density at radius 3 is 2.34 bits per heavy atom. The maximum atomic E-state index is 14.9. The van der Waals surface area contributed by atoms with Gasteiger partial charge in [0.25, 0.3) is 0 Å². The Morgan fingerprint density at radius 2 is 1.70 bits per heavy atom. The van der Waals surface area contributed by atoms with Gasteiger partial charge in [0.15, 0.2) is 0 Å². The molecule has 1 heterocycles. The number of alkyl halides is 3. The summed E-state index contributed by atoms with van der Waals surface area (Å²) >= 11 is 6.04. The van der Waals surface area contributed by atoms with E-state index in [9.17, 15) is 31.5 Å². The molecule has 1 aliphatic heterocycles. The Balaban J connectivity index is 1.32. The lowest BCUT2D eigenvalue weighted by molar-refractivity contribution is -0.124. The van der Waals surface area contributed by atoms with Crippen LogP contribution in [-0.2, 0) is 20.7 Å². The van der Waals surface area contributed by atoms with E-state index in [-0.39, 0.29) is 38.1 Å². The molecule has 0 spiro atoms. The highest BCUT2D eigenvalue weighted by Crippen LogP contribution is 2.30. The second kappa shape index (κ2) is 15.3. The third-order valence-corrected chi connectivity index (χ3v) is 7.31. The van der Waals surface area contributed by atoms with Crippen LogP contribution in [0.5, 0.6) is 0 Å². The maximum absolute atomic E-state index is 14.9. The quantitative estimate of drug-likeness (QED) is 0.213. The largest absolute Gasteiger partial charge is 0.448 e. The fraction of sp³-hybridized carbons (Fsp3) is 0.355. The van der Waals surface area contributed by atoms with Crippen molar-refractivity contribution in [2.24, 2.45) is 0 Å². The molecule has 1 fully saturated rings. The highest BCUT2D eigenvalue weighted by Gasteiger charge is 2.29. The van der Waals surface area contributed by atoms with Crippen LogP contribution in [0.25, 0.3) is 0 Å². The summed E-state index contributed by atoms with van der Waals surface area (Å²) in [7, 11) is 0. The van der Waals surface area contributed by atoms with Crippen molar-refractivity contribution in [3.63, 3.8) is 0 Å². The van der Waals surface area contributed by atoms with Gasteiger partial charge in [-0.2, -0.15) is 13.2 Å². The Hall–Kier alpha value is -3.74. The smallest absolute Gasteiger partial charge is 0.407 e. The summed E-state index contributed by atoms with van der Waals surface area (Å²) in [5.41, 5.74) is 2.17. The van der Waals surface area contributed by atoms with Crippen LogP contribution in [0.2, 0.25) is 5.02 Å². The van der Waals surface area contributed by atoms with Gasteiger partial charge in [-0.05, 0) is 60.4 Å². The fourth-order valence-corrected chi connectivity index (χ4v) is 4.93. The Kier molecular flexibility index (Phi) is 11.5. The molecule has 1 saturated heterocycles. The lowest BCUT2D eigenvalue weighted by Gasteiger charge is -2.30. The third kappa shape index (κ3) is 10.2. The summed E-state index contributed by atoms with van der Waals surface area (Å²) < 4.78 is 75.7. The lowest BCUT2D eigenvalue weighted by Crippen LogP contribution is -2.49. The van der Waals surface area contributed by atoms with Gasteiger partial charge in [-0.3, -0.25) is 4.79 Å². The first-order valence-corrected chi connectivity index (χ1v) is 14.2. The van der Waals surface area contributed by atoms with Crippen molar-refractivity contribution in [2.75, 3.05) is 31.6 Å². The number of ether oxygens (including phenoxy) is 2. The number of carbonyl (C=O) groups is 2. The molecule has 0 saturated carbocycles. The lowest BCUT2D eigenvalue weighted by atomic mass is 9.88. The monoisotopic (exact) mass is 639 g/mol. The Bertz CT molecular complexity index is 1350. The number of anilines is 1. The topological polar surface area (TPSA) is 88.7 Å². The van der Waals surface area contributed by atoms with Gasteiger partial charge in [-0.1, -0.05) is 41.9 Å². The van der Waals surface area contributed by atoms with Crippen molar-refractivity contribution in [1.82, 2.24) is 10.6 Å². The number of morpholine rings is 1. The normalized spacial score (nSPS) is 17.5. The van der Waals surface area contributed by atoms with Crippen LogP contribution >= 0.6 is 11.6 Å². The van der Waals surface area contributed by atoms with Crippen molar-refractivity contribution in [1.29, 1.82) is 0 Å². The SMILES string of the molecule is O=C(C[C@H](c1ccc(F)cc1)c1ccc(Cl)cc1)Nc1cccc(F)c1CC[C@@H]1CN[C@H](COC(=O)NCC(F)(F)F)CO1. The fourth-order valence-electron chi connectivity index (χ4n) is 4.80. The molecule has 0 aromatic heterocycles. The number of hydrogen-bond acceptors (Lipinski definition) is 5. The Labute approximate surface area is 256 Å².